The number of aliphatic hydroxyl groups is 1. The molecule has 1 aliphatic heterocycles. The summed E-state index contributed by atoms with van der Waals surface area (Å²) in [6.07, 6.45) is -0.0624. The van der Waals surface area contributed by atoms with Crippen molar-refractivity contribution in [2.75, 3.05) is 41.4 Å². The summed E-state index contributed by atoms with van der Waals surface area (Å²) >= 11 is 0. The summed E-state index contributed by atoms with van der Waals surface area (Å²) in [4.78, 5) is 30.2. The number of hydrogen-bond acceptors (Lipinski definition) is 7. The Labute approximate surface area is 225 Å². The highest BCUT2D eigenvalue weighted by Crippen LogP contribution is 2.43. The molecule has 0 aromatic heterocycles. The lowest BCUT2D eigenvalue weighted by molar-refractivity contribution is -0.140. The second-order valence-electron chi connectivity index (χ2n) is 11.0. The minimum atomic E-state index is -0.794. The quantitative estimate of drug-likeness (QED) is 0.287. The Bertz CT molecular complexity index is 1230. The lowest BCUT2D eigenvalue weighted by Crippen LogP contribution is -2.35. The molecule has 2 aromatic carbocycles. The summed E-state index contributed by atoms with van der Waals surface area (Å²) < 4.78 is 17.0. The Morgan fingerprint density at radius 1 is 1.00 bits per heavy atom. The zero-order valence-electron chi connectivity index (χ0n) is 23.9. The van der Waals surface area contributed by atoms with Crippen molar-refractivity contribution in [3.05, 3.63) is 58.7 Å². The van der Waals surface area contributed by atoms with Gasteiger partial charge < -0.3 is 29.1 Å². The number of ketones is 1. The van der Waals surface area contributed by atoms with Crippen molar-refractivity contribution in [2.24, 2.45) is 0 Å². The average Bonchev–Trinajstić information content (AvgIpc) is 3.10. The number of rotatable bonds is 9. The van der Waals surface area contributed by atoms with E-state index in [2.05, 4.69) is 0 Å². The van der Waals surface area contributed by atoms with E-state index < -0.39 is 17.7 Å². The number of likely N-dealkylation sites (N-methyl/N-ethyl adjacent to an activating group) is 1. The van der Waals surface area contributed by atoms with Gasteiger partial charge in [-0.25, -0.2) is 0 Å². The molecule has 206 valence electrons. The van der Waals surface area contributed by atoms with E-state index in [1.165, 1.54) is 4.90 Å². The summed E-state index contributed by atoms with van der Waals surface area (Å²) in [6, 6.07) is 9.84. The predicted molar refractivity (Wildman–Crippen MR) is 148 cm³/mol. The van der Waals surface area contributed by atoms with E-state index >= 15 is 0 Å². The molecule has 1 N–H and O–H groups in total. The van der Waals surface area contributed by atoms with Crippen LogP contribution in [0.25, 0.3) is 5.76 Å². The van der Waals surface area contributed by atoms with E-state index in [1.54, 1.807) is 44.6 Å². The molecule has 1 aliphatic rings. The van der Waals surface area contributed by atoms with Gasteiger partial charge in [0.15, 0.2) is 11.5 Å². The first-order valence-electron chi connectivity index (χ1n) is 12.8. The first-order valence-corrected chi connectivity index (χ1v) is 12.8. The molecule has 0 bridgehead atoms. The standard InChI is InChI=1S/C30H40N2O6/c1-18(2)38-23-13-10-19(17-24(23)37-9)26-25(28(34)29(35)32(26)15-14-31(6)7)27(33)20-11-12-22(36-8)21(16-20)30(3,4)5/h10-13,16-18,26,33H,14-15H2,1-9H3/b27-25+. The molecule has 0 saturated carbocycles. The van der Waals surface area contributed by atoms with E-state index in [0.29, 0.717) is 41.5 Å². The van der Waals surface area contributed by atoms with Crippen LogP contribution in [0.3, 0.4) is 0 Å². The van der Waals surface area contributed by atoms with Crippen molar-refractivity contribution >= 4 is 17.4 Å². The second kappa shape index (κ2) is 11.5. The molecule has 3 rings (SSSR count). The normalized spacial score (nSPS) is 17.4. The highest BCUT2D eigenvalue weighted by atomic mass is 16.5. The molecular formula is C30H40N2O6. The number of hydrogen-bond donors (Lipinski definition) is 1. The number of aliphatic hydroxyl groups excluding tert-OH is 1. The van der Waals surface area contributed by atoms with Crippen LogP contribution in [0.15, 0.2) is 42.0 Å². The number of likely N-dealkylation sites (tertiary alicyclic amines) is 1. The number of Topliss-reactive ketones (excluding diaryl/α,β-unsaturated/α-hetero) is 1. The third-order valence-corrected chi connectivity index (χ3v) is 6.48. The highest BCUT2D eigenvalue weighted by Gasteiger charge is 2.46. The van der Waals surface area contributed by atoms with Crippen molar-refractivity contribution in [2.45, 2.75) is 52.2 Å². The Balaban J connectivity index is 2.23. The van der Waals surface area contributed by atoms with Gasteiger partial charge in [0, 0.05) is 24.2 Å². The van der Waals surface area contributed by atoms with Gasteiger partial charge in [0.25, 0.3) is 11.7 Å². The number of ether oxygens (including phenoxy) is 3. The zero-order valence-corrected chi connectivity index (χ0v) is 23.9. The maximum Gasteiger partial charge on any atom is 0.295 e. The van der Waals surface area contributed by atoms with E-state index in [1.807, 2.05) is 59.7 Å². The van der Waals surface area contributed by atoms with Gasteiger partial charge in [-0.15, -0.1) is 0 Å². The van der Waals surface area contributed by atoms with Crippen molar-refractivity contribution < 1.29 is 28.9 Å². The van der Waals surface area contributed by atoms with Crippen molar-refractivity contribution in [3.8, 4) is 17.2 Å². The fourth-order valence-corrected chi connectivity index (χ4v) is 4.57. The molecule has 1 heterocycles. The molecule has 1 fully saturated rings. The van der Waals surface area contributed by atoms with E-state index in [-0.39, 0.29) is 22.9 Å². The topological polar surface area (TPSA) is 88.5 Å². The molecule has 2 aromatic rings. The molecule has 38 heavy (non-hydrogen) atoms. The molecule has 0 radical (unpaired) electrons. The number of amides is 1. The van der Waals surface area contributed by atoms with Crippen LogP contribution in [0.5, 0.6) is 17.2 Å². The third kappa shape index (κ3) is 5.96. The lowest BCUT2D eigenvalue weighted by atomic mass is 9.84. The van der Waals surface area contributed by atoms with Gasteiger partial charge in [0.2, 0.25) is 0 Å². The van der Waals surface area contributed by atoms with Crippen LogP contribution in [-0.2, 0) is 15.0 Å². The van der Waals surface area contributed by atoms with Crippen LogP contribution >= 0.6 is 0 Å². The molecule has 8 nitrogen and oxygen atoms in total. The van der Waals surface area contributed by atoms with Gasteiger partial charge in [0.1, 0.15) is 11.5 Å². The molecule has 1 unspecified atom stereocenters. The number of nitrogens with zero attached hydrogens (tertiary/aromatic N) is 2. The molecule has 0 aliphatic carbocycles. The van der Waals surface area contributed by atoms with Crippen LogP contribution in [0.2, 0.25) is 0 Å². The summed E-state index contributed by atoms with van der Waals surface area (Å²) in [5, 5.41) is 11.6. The van der Waals surface area contributed by atoms with Crippen LogP contribution in [0, 0.1) is 0 Å². The molecule has 0 spiro atoms. The van der Waals surface area contributed by atoms with Crippen LogP contribution in [0.4, 0.5) is 0 Å². The fourth-order valence-electron chi connectivity index (χ4n) is 4.57. The van der Waals surface area contributed by atoms with Crippen molar-refractivity contribution in [1.82, 2.24) is 9.80 Å². The summed E-state index contributed by atoms with van der Waals surface area (Å²) in [5.41, 5.74) is 1.72. The van der Waals surface area contributed by atoms with Crippen molar-refractivity contribution in [3.63, 3.8) is 0 Å². The van der Waals surface area contributed by atoms with Crippen molar-refractivity contribution in [1.29, 1.82) is 0 Å². The highest BCUT2D eigenvalue weighted by molar-refractivity contribution is 6.46. The Kier molecular flexibility index (Phi) is 8.77. The van der Waals surface area contributed by atoms with Gasteiger partial charge in [-0.05, 0) is 69.3 Å². The SMILES string of the molecule is COc1cc(C2/C(=C(\O)c3ccc(OC)c(C(C)(C)C)c3)C(=O)C(=O)N2CCN(C)C)ccc1OC(C)C. The predicted octanol–water partition coefficient (Wildman–Crippen LogP) is 4.77. The first kappa shape index (κ1) is 29.0. The van der Waals surface area contributed by atoms with Gasteiger partial charge in [0.05, 0.1) is 31.9 Å². The van der Waals surface area contributed by atoms with Crippen LogP contribution in [0.1, 0.15) is 57.4 Å². The van der Waals surface area contributed by atoms with Crippen LogP contribution < -0.4 is 14.2 Å². The molecular weight excluding hydrogens is 484 g/mol. The molecule has 1 saturated heterocycles. The Morgan fingerprint density at radius 2 is 1.63 bits per heavy atom. The third-order valence-electron chi connectivity index (χ3n) is 6.48. The smallest absolute Gasteiger partial charge is 0.295 e. The minimum Gasteiger partial charge on any atom is -0.507 e. The largest absolute Gasteiger partial charge is 0.507 e. The van der Waals surface area contributed by atoms with Gasteiger partial charge in [-0.1, -0.05) is 26.8 Å². The molecule has 8 heteroatoms. The maximum atomic E-state index is 13.4. The van der Waals surface area contributed by atoms with Gasteiger partial charge in [-0.3, -0.25) is 9.59 Å². The lowest BCUT2D eigenvalue weighted by Gasteiger charge is -2.27. The molecule has 1 amide bonds. The number of carbonyl (C=O) groups is 2. The minimum absolute atomic E-state index is 0.0402. The van der Waals surface area contributed by atoms with E-state index in [4.69, 9.17) is 14.2 Å². The number of methoxy groups -OCH3 is 2. The first-order chi connectivity index (χ1) is 17.8. The summed E-state index contributed by atoms with van der Waals surface area (Å²) in [6.45, 7) is 10.8. The average molecular weight is 525 g/mol. The number of carbonyl (C=O) groups excluding carboxylic acids is 2. The van der Waals surface area contributed by atoms with Crippen LogP contribution in [-0.4, -0.2) is 74.1 Å². The maximum absolute atomic E-state index is 13.4. The number of benzene rings is 2. The Hall–Kier alpha value is -3.52. The van der Waals surface area contributed by atoms with Gasteiger partial charge >= 0.3 is 0 Å². The monoisotopic (exact) mass is 524 g/mol. The molecule has 1 atom stereocenters. The Morgan fingerprint density at radius 3 is 2.18 bits per heavy atom. The van der Waals surface area contributed by atoms with E-state index in [0.717, 1.165) is 5.56 Å². The zero-order chi connectivity index (χ0) is 28.4. The van der Waals surface area contributed by atoms with Gasteiger partial charge in [-0.2, -0.15) is 0 Å². The van der Waals surface area contributed by atoms with E-state index in [9.17, 15) is 14.7 Å². The summed E-state index contributed by atoms with van der Waals surface area (Å²) in [5.74, 6) is 0.124. The second-order valence-corrected chi connectivity index (χ2v) is 11.0. The fraction of sp³-hybridized carbons (Fsp3) is 0.467. The summed E-state index contributed by atoms with van der Waals surface area (Å²) in [7, 11) is 6.94.